The fraction of sp³-hybridized carbons (Fsp3) is 0.625. The van der Waals surface area contributed by atoms with Crippen molar-refractivity contribution >= 4 is 0 Å². The molecule has 0 aromatic heterocycles. The average Bonchev–Trinajstić information content (AvgIpc) is 2.37. The van der Waals surface area contributed by atoms with E-state index in [2.05, 4.69) is 44.4 Å². The highest BCUT2D eigenvalue weighted by Crippen LogP contribution is 2.21. The molecular formula is C16H28N2. The molecule has 2 nitrogen and oxygen atoms in total. The SMILES string of the molecule is CCCCCCCC(NN)c1ccc(C)c(C)c1. The van der Waals surface area contributed by atoms with Gasteiger partial charge in [0.25, 0.3) is 0 Å². The van der Waals surface area contributed by atoms with Crippen molar-refractivity contribution in [2.75, 3.05) is 0 Å². The van der Waals surface area contributed by atoms with Crippen LogP contribution >= 0.6 is 0 Å². The number of hydrogen-bond donors (Lipinski definition) is 2. The molecule has 0 saturated carbocycles. The first-order valence-electron chi connectivity index (χ1n) is 7.22. The summed E-state index contributed by atoms with van der Waals surface area (Å²) in [6.07, 6.45) is 7.70. The van der Waals surface area contributed by atoms with Crippen molar-refractivity contribution in [3.63, 3.8) is 0 Å². The van der Waals surface area contributed by atoms with Crippen molar-refractivity contribution in [3.05, 3.63) is 34.9 Å². The molecule has 1 atom stereocenters. The van der Waals surface area contributed by atoms with Gasteiger partial charge in [0, 0.05) is 6.04 Å². The average molecular weight is 248 g/mol. The predicted molar refractivity (Wildman–Crippen MR) is 79.4 cm³/mol. The molecule has 0 amide bonds. The van der Waals surface area contributed by atoms with Gasteiger partial charge in [0.1, 0.15) is 0 Å². The molecule has 0 spiro atoms. The maximum atomic E-state index is 5.68. The minimum absolute atomic E-state index is 0.297. The molecule has 0 aliphatic carbocycles. The van der Waals surface area contributed by atoms with Crippen molar-refractivity contribution in [3.8, 4) is 0 Å². The van der Waals surface area contributed by atoms with Crippen LogP contribution < -0.4 is 11.3 Å². The molecule has 0 aliphatic heterocycles. The van der Waals surface area contributed by atoms with E-state index in [0.717, 1.165) is 6.42 Å². The molecule has 0 saturated heterocycles. The molecule has 1 rings (SSSR count). The molecule has 18 heavy (non-hydrogen) atoms. The van der Waals surface area contributed by atoms with Gasteiger partial charge in [-0.3, -0.25) is 11.3 Å². The third-order valence-electron chi connectivity index (χ3n) is 3.73. The number of rotatable bonds is 8. The van der Waals surface area contributed by atoms with Gasteiger partial charge in [-0.25, -0.2) is 0 Å². The zero-order valence-corrected chi connectivity index (χ0v) is 12.1. The number of nitrogens with one attached hydrogen (secondary N) is 1. The Morgan fingerprint density at radius 1 is 1.06 bits per heavy atom. The normalized spacial score (nSPS) is 12.7. The largest absolute Gasteiger partial charge is 0.271 e. The van der Waals surface area contributed by atoms with Gasteiger partial charge in [-0.2, -0.15) is 0 Å². The number of benzene rings is 1. The smallest absolute Gasteiger partial charge is 0.0460 e. The molecule has 0 bridgehead atoms. The Labute approximate surface area is 112 Å². The second kappa shape index (κ2) is 8.28. The van der Waals surface area contributed by atoms with Crippen LogP contribution in [-0.4, -0.2) is 0 Å². The van der Waals surface area contributed by atoms with Crippen LogP contribution in [0.4, 0.5) is 0 Å². The topological polar surface area (TPSA) is 38.0 Å². The van der Waals surface area contributed by atoms with Crippen molar-refractivity contribution < 1.29 is 0 Å². The van der Waals surface area contributed by atoms with E-state index in [0.29, 0.717) is 6.04 Å². The Hall–Kier alpha value is -0.860. The molecule has 0 aliphatic rings. The lowest BCUT2D eigenvalue weighted by molar-refractivity contribution is 0.478. The second-order valence-corrected chi connectivity index (χ2v) is 5.27. The Kier molecular flexibility index (Phi) is 6.99. The first-order chi connectivity index (χ1) is 8.69. The molecule has 1 aromatic carbocycles. The summed E-state index contributed by atoms with van der Waals surface area (Å²) in [4.78, 5) is 0. The molecule has 1 unspecified atom stereocenters. The zero-order valence-electron chi connectivity index (χ0n) is 12.1. The molecular weight excluding hydrogens is 220 g/mol. The Morgan fingerprint density at radius 3 is 2.39 bits per heavy atom. The highest BCUT2D eigenvalue weighted by Gasteiger charge is 2.09. The highest BCUT2D eigenvalue weighted by molar-refractivity contribution is 5.31. The Morgan fingerprint density at radius 2 is 1.78 bits per heavy atom. The minimum Gasteiger partial charge on any atom is -0.271 e. The number of hydrogen-bond acceptors (Lipinski definition) is 2. The third-order valence-corrected chi connectivity index (χ3v) is 3.73. The van der Waals surface area contributed by atoms with Crippen LogP contribution in [0.1, 0.15) is 68.2 Å². The summed E-state index contributed by atoms with van der Waals surface area (Å²) in [5.41, 5.74) is 6.96. The van der Waals surface area contributed by atoms with Gasteiger partial charge >= 0.3 is 0 Å². The van der Waals surface area contributed by atoms with E-state index in [1.165, 1.54) is 48.8 Å². The molecule has 2 heteroatoms. The molecule has 102 valence electrons. The maximum Gasteiger partial charge on any atom is 0.0460 e. The fourth-order valence-electron chi connectivity index (χ4n) is 2.28. The first kappa shape index (κ1) is 15.2. The second-order valence-electron chi connectivity index (χ2n) is 5.27. The van der Waals surface area contributed by atoms with Gasteiger partial charge in [0.05, 0.1) is 0 Å². The van der Waals surface area contributed by atoms with Crippen LogP contribution in [0, 0.1) is 13.8 Å². The standard InChI is InChI=1S/C16H28N2/c1-4-5-6-7-8-9-16(18-17)15-11-10-13(2)14(3)12-15/h10-12,16,18H,4-9,17H2,1-3H3. The van der Waals surface area contributed by atoms with Crippen molar-refractivity contribution in [1.82, 2.24) is 5.43 Å². The summed E-state index contributed by atoms with van der Waals surface area (Å²) in [6.45, 7) is 6.56. The molecule has 1 aromatic rings. The van der Waals surface area contributed by atoms with Crippen LogP contribution in [0.5, 0.6) is 0 Å². The van der Waals surface area contributed by atoms with Crippen LogP contribution in [0.2, 0.25) is 0 Å². The molecule has 0 heterocycles. The van der Waals surface area contributed by atoms with Gasteiger partial charge in [-0.1, -0.05) is 57.2 Å². The summed E-state index contributed by atoms with van der Waals surface area (Å²) in [5, 5.41) is 0. The van der Waals surface area contributed by atoms with Gasteiger partial charge < -0.3 is 0 Å². The number of hydrazine groups is 1. The lowest BCUT2D eigenvalue weighted by atomic mass is 9.97. The van der Waals surface area contributed by atoms with Gasteiger partial charge in [-0.05, 0) is 37.0 Å². The van der Waals surface area contributed by atoms with Crippen LogP contribution in [0.15, 0.2) is 18.2 Å². The van der Waals surface area contributed by atoms with E-state index in [9.17, 15) is 0 Å². The Bertz CT molecular complexity index is 347. The summed E-state index contributed by atoms with van der Waals surface area (Å²) >= 11 is 0. The third kappa shape index (κ3) is 4.79. The Balaban J connectivity index is 2.47. The van der Waals surface area contributed by atoms with E-state index < -0.39 is 0 Å². The van der Waals surface area contributed by atoms with Crippen LogP contribution in [0.25, 0.3) is 0 Å². The van der Waals surface area contributed by atoms with Crippen molar-refractivity contribution in [2.45, 2.75) is 65.3 Å². The van der Waals surface area contributed by atoms with Crippen LogP contribution in [-0.2, 0) is 0 Å². The molecule has 0 radical (unpaired) electrons. The van der Waals surface area contributed by atoms with Crippen molar-refractivity contribution in [2.24, 2.45) is 5.84 Å². The first-order valence-corrected chi connectivity index (χ1v) is 7.22. The van der Waals surface area contributed by atoms with E-state index in [4.69, 9.17) is 5.84 Å². The number of aryl methyl sites for hydroxylation is 2. The quantitative estimate of drug-likeness (QED) is 0.412. The molecule has 3 N–H and O–H groups in total. The number of nitrogens with two attached hydrogens (primary N) is 1. The van der Waals surface area contributed by atoms with E-state index >= 15 is 0 Å². The van der Waals surface area contributed by atoms with Gasteiger partial charge in [-0.15, -0.1) is 0 Å². The summed E-state index contributed by atoms with van der Waals surface area (Å²) in [5.74, 6) is 5.68. The van der Waals surface area contributed by atoms with Gasteiger partial charge in [0.15, 0.2) is 0 Å². The summed E-state index contributed by atoms with van der Waals surface area (Å²) in [6, 6.07) is 6.93. The number of unbranched alkanes of at least 4 members (excludes halogenated alkanes) is 4. The summed E-state index contributed by atoms with van der Waals surface area (Å²) < 4.78 is 0. The van der Waals surface area contributed by atoms with Gasteiger partial charge in [0.2, 0.25) is 0 Å². The maximum absolute atomic E-state index is 5.68. The van der Waals surface area contributed by atoms with Crippen LogP contribution in [0.3, 0.4) is 0 Å². The van der Waals surface area contributed by atoms with E-state index in [1.54, 1.807) is 0 Å². The zero-order chi connectivity index (χ0) is 13.4. The van der Waals surface area contributed by atoms with E-state index in [-0.39, 0.29) is 0 Å². The van der Waals surface area contributed by atoms with Crippen molar-refractivity contribution in [1.29, 1.82) is 0 Å². The van der Waals surface area contributed by atoms with E-state index in [1.807, 2.05) is 0 Å². The lowest BCUT2D eigenvalue weighted by Crippen LogP contribution is -2.28. The monoisotopic (exact) mass is 248 g/mol. The fourth-order valence-corrected chi connectivity index (χ4v) is 2.28. The lowest BCUT2D eigenvalue weighted by Gasteiger charge is -2.17. The predicted octanol–water partition coefficient (Wildman–Crippen LogP) is 4.17. The minimum atomic E-state index is 0.297. The molecule has 0 fully saturated rings. The highest BCUT2D eigenvalue weighted by atomic mass is 15.2. The summed E-state index contributed by atoms with van der Waals surface area (Å²) in [7, 11) is 0.